The van der Waals surface area contributed by atoms with Crippen LogP contribution < -0.4 is 19.5 Å². The Hall–Kier alpha value is -3.82. The molecule has 0 aliphatic rings. The van der Waals surface area contributed by atoms with Crippen LogP contribution in [0.25, 0.3) is 0 Å². The van der Waals surface area contributed by atoms with E-state index in [9.17, 15) is 19.7 Å². The van der Waals surface area contributed by atoms with Crippen molar-refractivity contribution in [2.75, 3.05) is 40.2 Å². The highest BCUT2D eigenvalue weighted by atomic mass is 16.6. The Morgan fingerprint density at radius 3 is 2.17 bits per heavy atom. The van der Waals surface area contributed by atoms with Crippen LogP contribution in [-0.4, -0.2) is 56.6 Å². The van der Waals surface area contributed by atoms with Crippen molar-refractivity contribution in [2.45, 2.75) is 6.92 Å². The zero-order chi connectivity index (χ0) is 22.4. The van der Waals surface area contributed by atoms with Crippen LogP contribution in [0, 0.1) is 17.0 Å². The van der Waals surface area contributed by atoms with Crippen LogP contribution in [0.15, 0.2) is 30.3 Å². The van der Waals surface area contributed by atoms with Crippen LogP contribution in [0.5, 0.6) is 17.2 Å². The quantitative estimate of drug-likeness (QED) is 0.518. The molecule has 2 aromatic carbocycles. The van der Waals surface area contributed by atoms with Crippen LogP contribution in [0.3, 0.4) is 0 Å². The molecule has 0 bridgehead atoms. The van der Waals surface area contributed by atoms with Crippen molar-refractivity contribution in [3.05, 3.63) is 51.6 Å². The number of anilines is 1. The largest absolute Gasteiger partial charge is 0.493 e. The fourth-order valence-electron chi connectivity index (χ4n) is 2.82. The lowest BCUT2D eigenvalue weighted by Gasteiger charge is -2.19. The predicted molar refractivity (Wildman–Crippen MR) is 110 cm³/mol. The van der Waals surface area contributed by atoms with Gasteiger partial charge in [-0.3, -0.25) is 19.7 Å². The molecule has 0 saturated carbocycles. The number of nitrogens with one attached hydrogen (secondary N) is 1. The molecule has 2 amide bonds. The van der Waals surface area contributed by atoms with E-state index >= 15 is 0 Å². The van der Waals surface area contributed by atoms with Gasteiger partial charge in [-0.2, -0.15) is 0 Å². The number of amides is 2. The van der Waals surface area contributed by atoms with Crippen LogP contribution in [0.1, 0.15) is 15.9 Å². The van der Waals surface area contributed by atoms with Gasteiger partial charge in [-0.25, -0.2) is 0 Å². The number of methoxy groups -OCH3 is 3. The van der Waals surface area contributed by atoms with Crippen molar-refractivity contribution in [2.24, 2.45) is 0 Å². The Kier molecular flexibility index (Phi) is 7.18. The Morgan fingerprint density at radius 2 is 1.67 bits per heavy atom. The first-order valence-electron chi connectivity index (χ1n) is 8.82. The predicted octanol–water partition coefficient (Wildman–Crippen LogP) is 2.64. The molecule has 0 atom stereocenters. The Bertz CT molecular complexity index is 958. The number of hydrogen-bond donors (Lipinski definition) is 1. The Labute approximate surface area is 173 Å². The van der Waals surface area contributed by atoms with E-state index in [1.807, 2.05) is 19.1 Å². The number of benzene rings is 2. The summed E-state index contributed by atoms with van der Waals surface area (Å²) >= 11 is 0. The number of nitrogens with zero attached hydrogens (tertiary/aromatic N) is 2. The van der Waals surface area contributed by atoms with Gasteiger partial charge >= 0.3 is 5.69 Å². The van der Waals surface area contributed by atoms with Gasteiger partial charge in [0.05, 0.1) is 32.8 Å². The lowest BCUT2D eigenvalue weighted by molar-refractivity contribution is -0.386. The van der Waals surface area contributed by atoms with Gasteiger partial charge in [0.1, 0.15) is 5.56 Å². The zero-order valence-electron chi connectivity index (χ0n) is 17.3. The molecule has 10 heteroatoms. The van der Waals surface area contributed by atoms with Crippen LogP contribution in [-0.2, 0) is 4.79 Å². The van der Waals surface area contributed by atoms with Crippen molar-refractivity contribution in [3.63, 3.8) is 0 Å². The summed E-state index contributed by atoms with van der Waals surface area (Å²) in [6.07, 6.45) is 0. The summed E-state index contributed by atoms with van der Waals surface area (Å²) in [6, 6.07) is 8.34. The van der Waals surface area contributed by atoms with Crippen LogP contribution in [0.4, 0.5) is 11.4 Å². The molecule has 0 unspecified atom stereocenters. The van der Waals surface area contributed by atoms with E-state index in [0.29, 0.717) is 5.69 Å². The number of nitro benzene ring substituents is 1. The standard InChI is InChI=1S/C20H23N3O7/c1-12-6-8-13(9-7-12)21-16(24)11-22(2)20(25)14-10-15(28-3)18(29-4)19(30-5)17(14)23(26)27/h6-10H,11H2,1-5H3,(H,21,24). The third-order valence-corrected chi connectivity index (χ3v) is 4.28. The van der Waals surface area contributed by atoms with E-state index < -0.39 is 22.4 Å². The minimum Gasteiger partial charge on any atom is -0.493 e. The molecular weight excluding hydrogens is 394 g/mol. The van der Waals surface area contributed by atoms with E-state index in [4.69, 9.17) is 14.2 Å². The highest BCUT2D eigenvalue weighted by molar-refractivity contribution is 6.03. The first-order chi connectivity index (χ1) is 14.2. The molecule has 30 heavy (non-hydrogen) atoms. The minimum atomic E-state index is -0.750. The molecule has 0 aliphatic carbocycles. The molecule has 0 aromatic heterocycles. The van der Waals surface area contributed by atoms with Crippen molar-refractivity contribution in [3.8, 4) is 17.2 Å². The third-order valence-electron chi connectivity index (χ3n) is 4.28. The number of ether oxygens (including phenoxy) is 3. The van der Waals surface area contributed by atoms with Crippen LogP contribution in [0.2, 0.25) is 0 Å². The van der Waals surface area contributed by atoms with Gasteiger partial charge in [0.25, 0.3) is 5.91 Å². The van der Waals surface area contributed by atoms with E-state index in [1.165, 1.54) is 34.4 Å². The smallest absolute Gasteiger partial charge is 0.327 e. The molecule has 2 aromatic rings. The number of hydrogen-bond acceptors (Lipinski definition) is 7. The topological polar surface area (TPSA) is 120 Å². The molecule has 2 rings (SSSR count). The molecule has 10 nitrogen and oxygen atoms in total. The average Bonchev–Trinajstić information content (AvgIpc) is 2.72. The van der Waals surface area contributed by atoms with Gasteiger partial charge in [-0.15, -0.1) is 0 Å². The highest BCUT2D eigenvalue weighted by Crippen LogP contribution is 2.46. The lowest BCUT2D eigenvalue weighted by atomic mass is 10.1. The molecule has 0 heterocycles. The summed E-state index contributed by atoms with van der Waals surface area (Å²) < 4.78 is 15.4. The zero-order valence-corrected chi connectivity index (χ0v) is 17.3. The fraction of sp³-hybridized carbons (Fsp3) is 0.300. The fourth-order valence-corrected chi connectivity index (χ4v) is 2.82. The summed E-state index contributed by atoms with van der Waals surface area (Å²) in [7, 11) is 5.21. The van der Waals surface area contributed by atoms with E-state index in [1.54, 1.807) is 12.1 Å². The molecule has 0 fully saturated rings. The maximum atomic E-state index is 12.9. The molecule has 0 aliphatic heterocycles. The van der Waals surface area contributed by atoms with E-state index in [0.717, 1.165) is 10.5 Å². The van der Waals surface area contributed by atoms with Crippen molar-refractivity contribution in [1.82, 2.24) is 4.90 Å². The van der Waals surface area contributed by atoms with Gasteiger partial charge in [-0.05, 0) is 19.1 Å². The Morgan fingerprint density at radius 1 is 1.07 bits per heavy atom. The van der Waals surface area contributed by atoms with Gasteiger partial charge in [0, 0.05) is 18.8 Å². The second-order valence-electron chi connectivity index (χ2n) is 6.37. The molecule has 0 spiro atoms. The second-order valence-corrected chi connectivity index (χ2v) is 6.37. The normalized spacial score (nSPS) is 10.2. The molecule has 160 valence electrons. The molecule has 1 N–H and O–H groups in total. The van der Waals surface area contributed by atoms with E-state index in [2.05, 4.69) is 5.32 Å². The van der Waals surface area contributed by atoms with Crippen LogP contribution >= 0.6 is 0 Å². The first-order valence-corrected chi connectivity index (χ1v) is 8.82. The summed E-state index contributed by atoms with van der Waals surface area (Å²) in [4.78, 5) is 37.2. The molecular formula is C20H23N3O7. The van der Waals surface area contributed by atoms with Gasteiger partial charge < -0.3 is 24.4 Å². The monoisotopic (exact) mass is 417 g/mol. The molecule has 0 radical (unpaired) electrons. The van der Waals surface area contributed by atoms with Crippen molar-refractivity contribution >= 4 is 23.2 Å². The third kappa shape index (κ3) is 4.77. The summed E-state index contributed by atoms with van der Waals surface area (Å²) in [5, 5.41) is 14.3. The number of rotatable bonds is 8. The van der Waals surface area contributed by atoms with Gasteiger partial charge in [0.15, 0.2) is 5.75 Å². The van der Waals surface area contributed by atoms with Crippen molar-refractivity contribution < 1.29 is 28.7 Å². The summed E-state index contributed by atoms with van der Waals surface area (Å²) in [5.74, 6) is -1.38. The number of nitro groups is 1. The summed E-state index contributed by atoms with van der Waals surface area (Å²) in [5.41, 5.74) is 0.742. The first kappa shape index (κ1) is 22.5. The maximum absolute atomic E-state index is 12.9. The van der Waals surface area contributed by atoms with Crippen molar-refractivity contribution in [1.29, 1.82) is 0 Å². The maximum Gasteiger partial charge on any atom is 0.327 e. The SMILES string of the molecule is COc1cc(C(=O)N(C)CC(=O)Nc2ccc(C)cc2)c([N+](=O)[O-])c(OC)c1OC. The average molecular weight is 417 g/mol. The number of carbonyl (C=O) groups excluding carboxylic acids is 2. The van der Waals surface area contributed by atoms with E-state index in [-0.39, 0.29) is 29.4 Å². The highest BCUT2D eigenvalue weighted by Gasteiger charge is 2.34. The number of carbonyl (C=O) groups is 2. The minimum absolute atomic E-state index is 0.0111. The molecule has 0 saturated heterocycles. The van der Waals surface area contributed by atoms with Gasteiger partial charge in [-0.1, -0.05) is 17.7 Å². The number of aryl methyl sites for hydroxylation is 1. The van der Waals surface area contributed by atoms with Gasteiger partial charge in [0.2, 0.25) is 17.4 Å². The second kappa shape index (κ2) is 9.59. The number of likely N-dealkylation sites (N-methyl/N-ethyl adjacent to an activating group) is 1. The summed E-state index contributed by atoms with van der Waals surface area (Å²) in [6.45, 7) is 1.60. The lowest BCUT2D eigenvalue weighted by Crippen LogP contribution is -2.35. The Balaban J connectivity index is 2.32.